The molecule has 0 bridgehead atoms. The Bertz CT molecular complexity index is 950. The predicted molar refractivity (Wildman–Crippen MR) is 106 cm³/mol. The molecule has 1 aromatic heterocycles. The van der Waals surface area contributed by atoms with Gasteiger partial charge in [0.15, 0.2) is 0 Å². The van der Waals surface area contributed by atoms with Crippen LogP contribution >= 0.6 is 0 Å². The number of anilines is 2. The Hall–Kier alpha value is -2.52. The van der Waals surface area contributed by atoms with Crippen molar-refractivity contribution in [3.63, 3.8) is 0 Å². The van der Waals surface area contributed by atoms with Crippen LogP contribution in [0.1, 0.15) is 36.0 Å². The van der Waals surface area contributed by atoms with E-state index in [2.05, 4.69) is 20.2 Å². The second-order valence-corrected chi connectivity index (χ2v) is 8.98. The van der Waals surface area contributed by atoms with Crippen molar-refractivity contribution in [3.8, 4) is 0 Å². The third kappa shape index (κ3) is 3.85. The topological polar surface area (TPSA) is 95.5 Å². The molecule has 8 nitrogen and oxygen atoms in total. The van der Waals surface area contributed by atoms with E-state index >= 15 is 0 Å². The van der Waals surface area contributed by atoms with Gasteiger partial charge < -0.3 is 10.2 Å². The van der Waals surface area contributed by atoms with E-state index in [-0.39, 0.29) is 10.8 Å². The Balaban J connectivity index is 1.46. The van der Waals surface area contributed by atoms with E-state index in [1.165, 1.54) is 34.9 Å². The minimum atomic E-state index is -3.48. The normalized spacial score (nSPS) is 17.8. The summed E-state index contributed by atoms with van der Waals surface area (Å²) in [5, 5.41) is 2.76. The Morgan fingerprint density at radius 1 is 0.929 bits per heavy atom. The molecule has 0 radical (unpaired) electrons. The molecule has 0 aliphatic carbocycles. The van der Waals surface area contributed by atoms with Crippen LogP contribution in [0.3, 0.4) is 0 Å². The van der Waals surface area contributed by atoms with Crippen molar-refractivity contribution in [1.82, 2.24) is 14.3 Å². The first-order chi connectivity index (χ1) is 13.5. The second kappa shape index (κ2) is 7.84. The lowest BCUT2D eigenvalue weighted by molar-refractivity contribution is 0.102. The zero-order chi connectivity index (χ0) is 19.6. The summed E-state index contributed by atoms with van der Waals surface area (Å²) >= 11 is 0. The van der Waals surface area contributed by atoms with Gasteiger partial charge in [-0.05, 0) is 49.9 Å². The monoisotopic (exact) mass is 401 g/mol. The van der Waals surface area contributed by atoms with E-state index in [1.54, 1.807) is 6.07 Å². The number of nitrogens with one attached hydrogen (secondary N) is 1. The Labute approximate surface area is 164 Å². The van der Waals surface area contributed by atoms with Gasteiger partial charge in [-0.2, -0.15) is 4.31 Å². The zero-order valence-electron chi connectivity index (χ0n) is 15.5. The summed E-state index contributed by atoms with van der Waals surface area (Å²) in [6.45, 7) is 3.02. The number of hydrogen-bond donors (Lipinski definition) is 1. The molecule has 2 aromatic rings. The fourth-order valence-electron chi connectivity index (χ4n) is 3.58. The lowest BCUT2D eigenvalue weighted by Crippen LogP contribution is -2.27. The van der Waals surface area contributed by atoms with E-state index in [1.807, 2.05) is 0 Å². The van der Waals surface area contributed by atoms with Crippen LogP contribution in [0.15, 0.2) is 41.6 Å². The van der Waals surface area contributed by atoms with Crippen LogP contribution in [0.2, 0.25) is 0 Å². The van der Waals surface area contributed by atoms with Crippen LogP contribution in [-0.2, 0) is 10.0 Å². The number of aromatic nitrogens is 2. The SMILES string of the molecule is O=C(Nc1cc(N2CCCC2)ncn1)c1ccc(S(=O)(=O)N2CCCC2)cc1. The third-order valence-electron chi connectivity index (χ3n) is 5.14. The van der Waals surface area contributed by atoms with Crippen LogP contribution in [0.5, 0.6) is 0 Å². The van der Waals surface area contributed by atoms with E-state index in [9.17, 15) is 13.2 Å². The fraction of sp³-hybridized carbons (Fsp3) is 0.421. The van der Waals surface area contributed by atoms with E-state index in [4.69, 9.17) is 0 Å². The van der Waals surface area contributed by atoms with Crippen molar-refractivity contribution in [3.05, 3.63) is 42.2 Å². The van der Waals surface area contributed by atoms with Crippen molar-refractivity contribution in [2.24, 2.45) is 0 Å². The smallest absolute Gasteiger partial charge is 0.256 e. The Morgan fingerprint density at radius 2 is 1.57 bits per heavy atom. The lowest BCUT2D eigenvalue weighted by Gasteiger charge is -2.16. The summed E-state index contributed by atoms with van der Waals surface area (Å²) in [6.07, 6.45) is 5.49. The number of carbonyl (C=O) groups excluding carboxylic acids is 1. The number of amides is 1. The number of nitrogens with zero attached hydrogens (tertiary/aromatic N) is 4. The number of hydrogen-bond acceptors (Lipinski definition) is 6. The first-order valence-electron chi connectivity index (χ1n) is 9.53. The highest BCUT2D eigenvalue weighted by atomic mass is 32.2. The average Bonchev–Trinajstić information content (AvgIpc) is 3.42. The minimum absolute atomic E-state index is 0.212. The highest BCUT2D eigenvalue weighted by molar-refractivity contribution is 7.89. The van der Waals surface area contributed by atoms with Crippen molar-refractivity contribution < 1.29 is 13.2 Å². The summed E-state index contributed by atoms with van der Waals surface area (Å²) in [4.78, 5) is 23.3. The van der Waals surface area contributed by atoms with E-state index < -0.39 is 10.0 Å². The molecule has 0 spiro atoms. The molecule has 9 heteroatoms. The number of benzene rings is 1. The largest absolute Gasteiger partial charge is 0.356 e. The van der Waals surface area contributed by atoms with Gasteiger partial charge in [-0.15, -0.1) is 0 Å². The van der Waals surface area contributed by atoms with Crippen LogP contribution in [0, 0.1) is 0 Å². The van der Waals surface area contributed by atoms with Gasteiger partial charge in [0.05, 0.1) is 4.90 Å². The highest BCUT2D eigenvalue weighted by Crippen LogP contribution is 2.22. The van der Waals surface area contributed by atoms with Crippen LogP contribution < -0.4 is 10.2 Å². The second-order valence-electron chi connectivity index (χ2n) is 7.05. The summed E-state index contributed by atoms with van der Waals surface area (Å²) in [7, 11) is -3.48. The third-order valence-corrected chi connectivity index (χ3v) is 7.06. The maximum absolute atomic E-state index is 12.6. The van der Waals surface area contributed by atoms with Crippen molar-refractivity contribution in [2.45, 2.75) is 30.6 Å². The van der Waals surface area contributed by atoms with Gasteiger partial charge in [-0.1, -0.05) is 0 Å². The summed E-state index contributed by atoms with van der Waals surface area (Å²) in [5.41, 5.74) is 0.377. The minimum Gasteiger partial charge on any atom is -0.356 e. The number of carbonyl (C=O) groups is 1. The van der Waals surface area contributed by atoms with Gasteiger partial charge in [0, 0.05) is 37.8 Å². The van der Waals surface area contributed by atoms with Crippen LogP contribution in [-0.4, -0.2) is 54.8 Å². The highest BCUT2D eigenvalue weighted by Gasteiger charge is 2.27. The molecule has 2 aliphatic heterocycles. The molecule has 148 valence electrons. The Kier molecular flexibility index (Phi) is 5.27. The molecule has 2 fully saturated rings. The summed E-state index contributed by atoms with van der Waals surface area (Å²) in [5.74, 6) is 0.890. The summed E-state index contributed by atoms with van der Waals surface area (Å²) in [6, 6.07) is 7.79. The molecule has 3 heterocycles. The molecule has 0 atom stereocenters. The van der Waals surface area contributed by atoms with Crippen LogP contribution in [0.25, 0.3) is 0 Å². The standard InChI is InChI=1S/C19H23N5O3S/c25-19(22-17-13-18(21-14-20-17)23-9-1-2-10-23)15-5-7-16(8-6-15)28(26,27)24-11-3-4-12-24/h5-8,13-14H,1-4,9-12H2,(H,20,21,22,25). The first-order valence-corrected chi connectivity index (χ1v) is 11.0. The van der Waals surface area contributed by atoms with Gasteiger partial charge in [0.2, 0.25) is 10.0 Å². The van der Waals surface area contributed by atoms with Crippen molar-refractivity contribution in [2.75, 3.05) is 36.4 Å². The molecule has 2 saturated heterocycles. The van der Waals surface area contributed by atoms with Crippen molar-refractivity contribution in [1.29, 1.82) is 0 Å². The Morgan fingerprint density at radius 3 is 2.25 bits per heavy atom. The molecule has 28 heavy (non-hydrogen) atoms. The molecular formula is C19H23N5O3S. The van der Waals surface area contributed by atoms with E-state index in [0.717, 1.165) is 44.6 Å². The van der Waals surface area contributed by atoms with Crippen molar-refractivity contribution >= 4 is 27.6 Å². The maximum Gasteiger partial charge on any atom is 0.256 e. The molecule has 1 N–H and O–H groups in total. The molecular weight excluding hydrogens is 378 g/mol. The number of sulfonamides is 1. The quantitative estimate of drug-likeness (QED) is 0.824. The average molecular weight is 401 g/mol. The van der Waals surface area contributed by atoms with E-state index in [0.29, 0.717) is 24.5 Å². The molecule has 4 rings (SSSR count). The predicted octanol–water partition coefficient (Wildman–Crippen LogP) is 2.11. The van der Waals surface area contributed by atoms with Gasteiger partial charge in [0.25, 0.3) is 5.91 Å². The van der Waals surface area contributed by atoms with Gasteiger partial charge >= 0.3 is 0 Å². The summed E-state index contributed by atoms with van der Waals surface area (Å²) < 4.78 is 26.6. The first kappa shape index (κ1) is 18.8. The van der Waals surface area contributed by atoms with Gasteiger partial charge in [-0.25, -0.2) is 18.4 Å². The van der Waals surface area contributed by atoms with Crippen LogP contribution in [0.4, 0.5) is 11.6 Å². The molecule has 1 amide bonds. The van der Waals surface area contributed by atoms with Gasteiger partial charge in [-0.3, -0.25) is 4.79 Å². The number of rotatable bonds is 5. The zero-order valence-corrected chi connectivity index (χ0v) is 16.4. The fourth-order valence-corrected chi connectivity index (χ4v) is 5.10. The maximum atomic E-state index is 12.6. The molecule has 0 unspecified atom stereocenters. The molecule has 2 aliphatic rings. The lowest BCUT2D eigenvalue weighted by atomic mass is 10.2. The van der Waals surface area contributed by atoms with Gasteiger partial charge in [0.1, 0.15) is 18.0 Å². The molecule has 1 aromatic carbocycles. The molecule has 0 saturated carbocycles.